The molecule has 2 heterocycles. The Morgan fingerprint density at radius 2 is 0.931 bits per heavy atom. The molecule has 22 heteroatoms. The van der Waals surface area contributed by atoms with E-state index in [0.717, 1.165) is 59.6 Å². The van der Waals surface area contributed by atoms with Crippen LogP contribution in [0.3, 0.4) is 0 Å². The van der Waals surface area contributed by atoms with Crippen LogP contribution in [-0.2, 0) is 61.2 Å². The lowest BCUT2D eigenvalue weighted by atomic mass is 9.85. The molecule has 0 aliphatic carbocycles. The van der Waals surface area contributed by atoms with E-state index < -0.39 is 19.7 Å². The minimum Gasteiger partial charge on any atom is -0.379 e. The Balaban J connectivity index is 0.000000268. The zero-order valence-corrected chi connectivity index (χ0v) is 45.5. The number of fused-ring (bicyclic) bond motifs is 2. The van der Waals surface area contributed by atoms with Crippen LogP contribution in [0, 0.1) is 0 Å². The maximum absolute atomic E-state index is 12.8. The van der Waals surface area contributed by atoms with Gasteiger partial charge in [0.1, 0.15) is 0 Å². The molecule has 0 saturated heterocycles. The van der Waals surface area contributed by atoms with Gasteiger partial charge >= 0.3 is 0 Å². The van der Waals surface area contributed by atoms with Gasteiger partial charge in [0.05, 0.1) is 87.4 Å². The van der Waals surface area contributed by atoms with Gasteiger partial charge in [-0.15, -0.1) is 0 Å². The van der Waals surface area contributed by atoms with Crippen molar-refractivity contribution < 1.29 is 45.3 Å². The Morgan fingerprint density at radius 1 is 0.569 bits per heavy atom. The van der Waals surface area contributed by atoms with Crippen LogP contribution in [0.25, 0.3) is 10.4 Å². The molecule has 0 aromatic heterocycles. The van der Waals surface area contributed by atoms with Gasteiger partial charge in [0.2, 0.25) is 0 Å². The molecule has 0 unspecified atom stereocenters. The maximum Gasteiger partial charge on any atom is 0.178 e. The Labute approximate surface area is 444 Å². The van der Waals surface area contributed by atoms with Gasteiger partial charge in [-0.05, 0) is 114 Å². The van der Waals surface area contributed by atoms with E-state index >= 15 is 0 Å². The molecule has 2 atom stereocenters. The minimum absolute atomic E-state index is 0.00639. The van der Waals surface area contributed by atoms with Gasteiger partial charge in [0, 0.05) is 89.3 Å². The van der Waals surface area contributed by atoms with Crippen molar-refractivity contribution in [3.8, 4) is 0 Å². The zero-order chi connectivity index (χ0) is 51.9. The molecule has 2 aliphatic heterocycles. The van der Waals surface area contributed by atoms with Crippen LogP contribution in [0.1, 0.15) is 58.1 Å². The molecule has 396 valence electrons. The molecular weight excluding hydrogens is 1050 g/mol. The highest BCUT2D eigenvalue weighted by Crippen LogP contribution is 2.40. The Kier molecular flexibility index (Phi) is 25.8. The second kappa shape index (κ2) is 31.1. The van der Waals surface area contributed by atoms with Gasteiger partial charge in [0.25, 0.3) is 0 Å². The predicted octanol–water partition coefficient (Wildman–Crippen LogP) is 8.84. The third kappa shape index (κ3) is 19.2. The second-order valence-electron chi connectivity index (χ2n) is 17.3. The third-order valence-electron chi connectivity index (χ3n) is 11.8. The summed E-state index contributed by atoms with van der Waals surface area (Å²) >= 11 is 25.5. The van der Waals surface area contributed by atoms with Crippen LogP contribution < -0.4 is 5.73 Å². The summed E-state index contributed by atoms with van der Waals surface area (Å²) in [6, 6.07) is 21.7. The van der Waals surface area contributed by atoms with Crippen LogP contribution in [-0.4, -0.2) is 158 Å². The molecule has 0 amide bonds. The monoisotopic (exact) mass is 1110 g/mol. The predicted molar refractivity (Wildman–Crippen MR) is 283 cm³/mol. The Hall–Kier alpha value is -3.11. The number of nitrogens with zero attached hydrogens (tertiary/aromatic N) is 5. The summed E-state index contributed by atoms with van der Waals surface area (Å²) in [5.41, 5.74) is 19.9. The lowest BCUT2D eigenvalue weighted by molar-refractivity contribution is 0.0162. The summed E-state index contributed by atoms with van der Waals surface area (Å²) in [6.07, 6.45) is 0.811. The molecule has 0 fully saturated rings. The lowest BCUT2D eigenvalue weighted by Crippen LogP contribution is -2.31. The van der Waals surface area contributed by atoms with E-state index in [-0.39, 0.29) is 23.3 Å². The number of ether oxygens (including phenoxy) is 6. The largest absolute Gasteiger partial charge is 0.379 e. The SMILES string of the molecule is CN1Cc2c(Cl)cc(Cl)cc2[C@H](c2ccc(S(=O)(=O)CCCOCCOCCOCCN)cc2)C1.CN1Cc2c(Cl)cc(Cl)cc2[C@H](c2ccc(S(=O)(=O)CCCOCCOCCOCCN=[N+]=[N-])cc2)C1. The zero-order valence-electron chi connectivity index (χ0n) is 40.9. The second-order valence-corrected chi connectivity index (χ2v) is 23.2. The first kappa shape index (κ1) is 59.8. The number of benzene rings is 4. The van der Waals surface area contributed by atoms with Crippen LogP contribution in [0.4, 0.5) is 0 Å². The van der Waals surface area contributed by atoms with E-state index in [1.54, 1.807) is 36.4 Å². The van der Waals surface area contributed by atoms with E-state index in [0.29, 0.717) is 135 Å². The minimum atomic E-state index is -3.42. The van der Waals surface area contributed by atoms with Crippen LogP contribution in [0.15, 0.2) is 87.7 Å². The molecule has 4 aromatic rings. The van der Waals surface area contributed by atoms with Crippen molar-refractivity contribution in [2.45, 2.75) is 47.6 Å². The molecule has 0 radical (unpaired) electrons. The normalized spacial score (nSPS) is 16.1. The third-order valence-corrected chi connectivity index (χ3v) is 16.6. The van der Waals surface area contributed by atoms with E-state index in [4.69, 9.17) is 86.1 Å². The summed E-state index contributed by atoms with van der Waals surface area (Å²) in [6.45, 7) is 8.87. The molecule has 16 nitrogen and oxygen atoms in total. The summed E-state index contributed by atoms with van der Waals surface area (Å²) in [5.74, 6) is 0.161. The van der Waals surface area contributed by atoms with E-state index in [2.05, 4.69) is 19.8 Å². The number of sulfone groups is 2. The van der Waals surface area contributed by atoms with Gasteiger partial charge in [-0.25, -0.2) is 16.8 Å². The highest BCUT2D eigenvalue weighted by molar-refractivity contribution is 7.91. The molecule has 4 aromatic carbocycles. The van der Waals surface area contributed by atoms with Crippen molar-refractivity contribution in [1.29, 1.82) is 0 Å². The van der Waals surface area contributed by atoms with Crippen LogP contribution in [0.5, 0.6) is 0 Å². The van der Waals surface area contributed by atoms with Crippen molar-refractivity contribution in [3.05, 3.63) is 137 Å². The first-order valence-corrected chi connectivity index (χ1v) is 28.6. The van der Waals surface area contributed by atoms with Crippen LogP contribution in [0.2, 0.25) is 20.1 Å². The molecular formula is C50H66Cl4N6O10S2. The summed E-state index contributed by atoms with van der Waals surface area (Å²) in [5, 5.41) is 5.88. The van der Waals surface area contributed by atoms with E-state index in [1.807, 2.05) is 50.5 Å². The summed E-state index contributed by atoms with van der Waals surface area (Å²) in [7, 11) is -2.72. The fourth-order valence-electron chi connectivity index (χ4n) is 8.33. The van der Waals surface area contributed by atoms with E-state index in [1.165, 1.54) is 0 Å². The Bertz CT molecular complexity index is 2580. The van der Waals surface area contributed by atoms with Crippen molar-refractivity contribution in [2.24, 2.45) is 10.8 Å². The van der Waals surface area contributed by atoms with Crippen molar-refractivity contribution >= 4 is 66.1 Å². The topological polar surface area (TPSA) is 205 Å². The summed E-state index contributed by atoms with van der Waals surface area (Å²) in [4.78, 5) is 7.66. The van der Waals surface area contributed by atoms with Gasteiger partial charge in [-0.3, -0.25) is 0 Å². The maximum atomic E-state index is 12.8. The number of halogens is 4. The van der Waals surface area contributed by atoms with Gasteiger partial charge in [-0.2, -0.15) is 0 Å². The molecule has 0 spiro atoms. The Morgan fingerprint density at radius 3 is 1.31 bits per heavy atom. The molecule has 72 heavy (non-hydrogen) atoms. The van der Waals surface area contributed by atoms with Gasteiger partial charge < -0.3 is 44.0 Å². The first-order valence-electron chi connectivity index (χ1n) is 23.8. The molecule has 0 saturated carbocycles. The average molecular weight is 1120 g/mol. The molecule has 0 bridgehead atoms. The number of likely N-dealkylation sites (N-methyl/N-ethyl adjacent to an activating group) is 2. The lowest BCUT2D eigenvalue weighted by Gasteiger charge is -2.33. The number of hydrogen-bond donors (Lipinski definition) is 1. The van der Waals surface area contributed by atoms with Gasteiger partial charge in [0.15, 0.2) is 19.7 Å². The number of azide groups is 1. The van der Waals surface area contributed by atoms with Crippen molar-refractivity contribution in [3.63, 3.8) is 0 Å². The van der Waals surface area contributed by atoms with Crippen LogP contribution >= 0.6 is 46.4 Å². The highest BCUT2D eigenvalue weighted by atomic mass is 35.5. The number of rotatable bonds is 29. The molecule has 2 N–H and O–H groups in total. The standard InChI is InChI=1S/C25H32Cl2N4O5S.C25H34Cl2N2O5S/c1-31-17-23(22-15-20(26)16-25(27)24(22)18-31)19-3-5-21(6-4-19)37(32,33)14-2-8-34-10-12-36-13-11-35-9-7-29-30-28;1-29-17-23(22-15-20(26)16-25(27)24(22)18-29)19-3-5-21(6-4-19)35(30,31)14-2-8-32-10-12-34-13-11-33-9-7-28/h3-6,15-16,23H,2,7-14,17-18H2,1H3;3-6,15-16,23H,2,7-14,17-18,28H2,1H3/t2*23-/m00/s1. The van der Waals surface area contributed by atoms with Gasteiger partial charge in [-0.1, -0.05) is 75.8 Å². The smallest absolute Gasteiger partial charge is 0.178 e. The quantitative estimate of drug-likeness (QED) is 0.0234. The average Bonchev–Trinajstić information content (AvgIpc) is 3.35. The summed E-state index contributed by atoms with van der Waals surface area (Å²) < 4.78 is 83.3. The molecule has 2 aliphatic rings. The fraction of sp³-hybridized carbons (Fsp3) is 0.520. The highest BCUT2D eigenvalue weighted by Gasteiger charge is 2.29. The number of nitrogens with two attached hydrogens (primary N) is 1. The first-order chi connectivity index (χ1) is 34.6. The van der Waals surface area contributed by atoms with Crippen molar-refractivity contribution in [1.82, 2.24) is 9.80 Å². The van der Waals surface area contributed by atoms with Crippen molar-refractivity contribution in [2.75, 3.05) is 131 Å². The fourth-order valence-corrected chi connectivity index (χ4v) is 12.0. The molecule has 6 rings (SSSR count). The van der Waals surface area contributed by atoms with E-state index in [9.17, 15) is 16.8 Å². The number of hydrogen-bond acceptors (Lipinski definition) is 14.